The summed E-state index contributed by atoms with van der Waals surface area (Å²) in [6, 6.07) is 11.2. The molecule has 7 heteroatoms. The van der Waals surface area contributed by atoms with Crippen molar-refractivity contribution in [2.24, 2.45) is 0 Å². The molecule has 27 heavy (non-hydrogen) atoms. The number of hydrogen-bond donors (Lipinski definition) is 0. The Morgan fingerprint density at radius 3 is 2.67 bits per heavy atom. The fraction of sp³-hybridized carbons (Fsp3) is 0.250. The lowest BCUT2D eigenvalue weighted by atomic mass is 10.1. The number of para-hydroxylation sites is 1. The zero-order valence-electron chi connectivity index (χ0n) is 14.9. The Hall–Kier alpha value is -2.86. The van der Waals surface area contributed by atoms with E-state index in [1.54, 1.807) is 43.3 Å². The van der Waals surface area contributed by atoms with Gasteiger partial charge in [0.1, 0.15) is 11.5 Å². The number of rotatable bonds is 5. The number of Topliss-reactive ketones (excluding diaryl/α,β-unsaturated/α-hetero) is 1. The summed E-state index contributed by atoms with van der Waals surface area (Å²) in [6.45, 7) is 3.42. The first kappa shape index (κ1) is 18.9. The normalized spacial score (nSPS) is 16.4. The molecule has 0 saturated carbocycles. The second-order valence-corrected chi connectivity index (χ2v) is 6.39. The third-order valence-electron chi connectivity index (χ3n) is 4.14. The van der Waals surface area contributed by atoms with E-state index in [1.807, 2.05) is 6.92 Å². The lowest BCUT2D eigenvalue weighted by molar-refractivity contribution is -0.134. The zero-order chi connectivity index (χ0) is 19.6. The Labute approximate surface area is 161 Å². The van der Waals surface area contributed by atoms with Crippen LogP contribution in [0.5, 0.6) is 11.5 Å². The molecule has 0 aromatic heterocycles. The molecule has 1 aliphatic rings. The van der Waals surface area contributed by atoms with E-state index in [9.17, 15) is 14.4 Å². The lowest BCUT2D eigenvalue weighted by Gasteiger charge is -2.19. The number of carbonyl (C=O) groups excluding carboxylic acids is 3. The number of nitrogens with zero attached hydrogens (tertiary/aromatic N) is 1. The van der Waals surface area contributed by atoms with E-state index in [0.717, 1.165) is 4.90 Å². The van der Waals surface area contributed by atoms with Gasteiger partial charge in [-0.2, -0.15) is 0 Å². The minimum absolute atomic E-state index is 0.243. The highest BCUT2D eigenvalue weighted by atomic mass is 35.5. The number of carbonyl (C=O) groups is 3. The molecule has 2 aromatic carbocycles. The zero-order valence-corrected chi connectivity index (χ0v) is 15.7. The van der Waals surface area contributed by atoms with E-state index in [2.05, 4.69) is 0 Å². The highest BCUT2D eigenvalue weighted by Crippen LogP contribution is 2.27. The van der Waals surface area contributed by atoms with Crippen molar-refractivity contribution in [3.05, 3.63) is 58.6 Å². The second-order valence-electron chi connectivity index (χ2n) is 5.99. The molecule has 0 N–H and O–H groups in total. The first-order chi connectivity index (χ1) is 12.9. The van der Waals surface area contributed by atoms with E-state index < -0.39 is 30.2 Å². The Morgan fingerprint density at radius 2 is 1.96 bits per heavy atom. The summed E-state index contributed by atoms with van der Waals surface area (Å²) in [5.41, 5.74) is 0.530. The minimum Gasteiger partial charge on any atom is -0.492 e. The quantitative estimate of drug-likeness (QED) is 0.581. The number of halogens is 1. The molecular formula is C20H18ClNO5. The van der Waals surface area contributed by atoms with Crippen LogP contribution in [0.2, 0.25) is 5.02 Å². The minimum atomic E-state index is -0.880. The number of fused-ring (bicyclic) bond motifs is 1. The molecule has 0 saturated heterocycles. The average molecular weight is 388 g/mol. The van der Waals surface area contributed by atoms with Crippen LogP contribution in [0.4, 0.5) is 0 Å². The van der Waals surface area contributed by atoms with E-state index in [4.69, 9.17) is 21.1 Å². The van der Waals surface area contributed by atoms with Gasteiger partial charge >= 0.3 is 0 Å². The van der Waals surface area contributed by atoms with Crippen molar-refractivity contribution in [2.75, 3.05) is 13.2 Å². The molecule has 140 valence electrons. The van der Waals surface area contributed by atoms with E-state index in [-0.39, 0.29) is 11.1 Å². The van der Waals surface area contributed by atoms with Gasteiger partial charge in [0.15, 0.2) is 11.9 Å². The standard InChI is InChI=1S/C20H18ClNO5/c1-3-26-18-9-8-13(10-15(18)21)16(23)11-22-19(24)12(2)27-17-7-5-4-6-14(17)20(22)25/h4-10,12H,3,11H2,1-2H3/t12-/m1/s1. The molecule has 1 aliphatic heterocycles. The van der Waals surface area contributed by atoms with Crippen molar-refractivity contribution < 1.29 is 23.9 Å². The van der Waals surface area contributed by atoms with Crippen molar-refractivity contribution >= 4 is 29.2 Å². The molecule has 0 unspecified atom stereocenters. The fourth-order valence-electron chi connectivity index (χ4n) is 2.78. The van der Waals surface area contributed by atoms with Crippen LogP contribution in [0.1, 0.15) is 34.6 Å². The SMILES string of the molecule is CCOc1ccc(C(=O)CN2C(=O)c3ccccc3O[C@H](C)C2=O)cc1Cl. The van der Waals surface area contributed by atoms with Gasteiger partial charge in [0.25, 0.3) is 11.8 Å². The number of hydrogen-bond acceptors (Lipinski definition) is 5. The smallest absolute Gasteiger partial charge is 0.270 e. The van der Waals surface area contributed by atoms with Crippen LogP contribution >= 0.6 is 11.6 Å². The Morgan fingerprint density at radius 1 is 1.22 bits per heavy atom. The third-order valence-corrected chi connectivity index (χ3v) is 4.43. The predicted octanol–water partition coefficient (Wildman–Crippen LogP) is 3.37. The highest BCUT2D eigenvalue weighted by Gasteiger charge is 2.35. The van der Waals surface area contributed by atoms with Gasteiger partial charge in [0.2, 0.25) is 0 Å². The van der Waals surface area contributed by atoms with Crippen LogP contribution in [-0.2, 0) is 4.79 Å². The molecule has 0 spiro atoms. The summed E-state index contributed by atoms with van der Waals surface area (Å²) in [6.07, 6.45) is -0.880. The van der Waals surface area contributed by atoms with Crippen molar-refractivity contribution in [3.8, 4) is 11.5 Å². The van der Waals surface area contributed by atoms with E-state index in [0.29, 0.717) is 23.1 Å². The van der Waals surface area contributed by atoms with E-state index >= 15 is 0 Å². The van der Waals surface area contributed by atoms with Gasteiger partial charge in [-0.25, -0.2) is 0 Å². The molecule has 6 nitrogen and oxygen atoms in total. The first-order valence-electron chi connectivity index (χ1n) is 8.49. The Kier molecular flexibility index (Phi) is 5.46. The molecule has 0 radical (unpaired) electrons. The number of amides is 2. The van der Waals surface area contributed by atoms with Crippen LogP contribution in [0.3, 0.4) is 0 Å². The number of benzene rings is 2. The molecule has 2 aromatic rings. The van der Waals surface area contributed by atoms with Gasteiger partial charge in [-0.05, 0) is 44.2 Å². The van der Waals surface area contributed by atoms with Crippen molar-refractivity contribution in [1.29, 1.82) is 0 Å². The van der Waals surface area contributed by atoms with Gasteiger partial charge in [-0.3, -0.25) is 19.3 Å². The van der Waals surface area contributed by atoms with Crippen LogP contribution in [0.15, 0.2) is 42.5 Å². The maximum Gasteiger partial charge on any atom is 0.270 e. The maximum absolute atomic E-state index is 12.8. The van der Waals surface area contributed by atoms with Crippen LogP contribution in [-0.4, -0.2) is 41.8 Å². The van der Waals surface area contributed by atoms with Crippen molar-refractivity contribution in [2.45, 2.75) is 20.0 Å². The van der Waals surface area contributed by atoms with Crippen LogP contribution in [0.25, 0.3) is 0 Å². The van der Waals surface area contributed by atoms with Gasteiger partial charge in [0.05, 0.1) is 23.7 Å². The van der Waals surface area contributed by atoms with Crippen LogP contribution < -0.4 is 9.47 Å². The maximum atomic E-state index is 12.8. The topological polar surface area (TPSA) is 72.9 Å². The average Bonchev–Trinajstić information content (AvgIpc) is 2.74. The first-order valence-corrected chi connectivity index (χ1v) is 8.87. The molecule has 2 amide bonds. The predicted molar refractivity (Wildman–Crippen MR) is 99.5 cm³/mol. The Bertz CT molecular complexity index is 911. The van der Waals surface area contributed by atoms with E-state index in [1.165, 1.54) is 6.07 Å². The molecule has 1 atom stereocenters. The van der Waals surface area contributed by atoms with Gasteiger partial charge in [-0.1, -0.05) is 23.7 Å². The second kappa shape index (κ2) is 7.80. The summed E-state index contributed by atoms with van der Waals surface area (Å²) < 4.78 is 10.9. The van der Waals surface area contributed by atoms with Gasteiger partial charge in [-0.15, -0.1) is 0 Å². The van der Waals surface area contributed by atoms with Gasteiger partial charge < -0.3 is 9.47 Å². The summed E-state index contributed by atoms with van der Waals surface area (Å²) in [7, 11) is 0. The van der Waals surface area contributed by atoms with Crippen molar-refractivity contribution in [3.63, 3.8) is 0 Å². The summed E-state index contributed by atoms with van der Waals surface area (Å²) in [5, 5.41) is 0.290. The Balaban J connectivity index is 1.87. The molecule has 1 heterocycles. The monoisotopic (exact) mass is 387 g/mol. The molecular weight excluding hydrogens is 370 g/mol. The molecule has 0 bridgehead atoms. The van der Waals surface area contributed by atoms with Crippen LogP contribution in [0, 0.1) is 0 Å². The summed E-state index contributed by atoms with van der Waals surface area (Å²) in [4.78, 5) is 39.0. The summed E-state index contributed by atoms with van der Waals surface area (Å²) in [5.74, 6) is -0.754. The lowest BCUT2D eigenvalue weighted by Crippen LogP contribution is -2.44. The highest BCUT2D eigenvalue weighted by molar-refractivity contribution is 6.32. The number of ketones is 1. The number of imide groups is 1. The van der Waals surface area contributed by atoms with Gasteiger partial charge in [0, 0.05) is 5.56 Å². The largest absolute Gasteiger partial charge is 0.492 e. The fourth-order valence-corrected chi connectivity index (χ4v) is 3.02. The molecule has 3 rings (SSSR count). The number of ether oxygens (including phenoxy) is 2. The molecule has 0 fully saturated rings. The molecule has 0 aliphatic carbocycles. The third kappa shape index (κ3) is 3.80. The summed E-state index contributed by atoms with van der Waals surface area (Å²) >= 11 is 6.12. The van der Waals surface area contributed by atoms with Crippen molar-refractivity contribution in [1.82, 2.24) is 4.90 Å².